The third-order valence-corrected chi connectivity index (χ3v) is 4.80. The zero-order valence-electron chi connectivity index (χ0n) is 16.7. The van der Waals surface area contributed by atoms with Gasteiger partial charge in [0.2, 0.25) is 0 Å². The molecule has 0 unspecified atom stereocenters. The molecule has 1 aromatic heterocycles. The topological polar surface area (TPSA) is 71.1 Å². The number of aromatic nitrogens is 1. The molecule has 148 valence electrons. The first kappa shape index (κ1) is 20.3. The van der Waals surface area contributed by atoms with E-state index in [0.717, 1.165) is 35.3 Å². The van der Waals surface area contributed by atoms with Gasteiger partial charge in [-0.1, -0.05) is 38.1 Å². The Morgan fingerprint density at radius 2 is 1.41 bits per heavy atom. The lowest BCUT2D eigenvalue weighted by atomic mass is 10.0. The minimum absolute atomic E-state index is 0.180. The fraction of sp³-hybridized carbons (Fsp3) is 0.208. The summed E-state index contributed by atoms with van der Waals surface area (Å²) in [6, 6.07) is 18.3. The van der Waals surface area contributed by atoms with Crippen molar-refractivity contribution in [3.05, 3.63) is 94.8 Å². The van der Waals surface area contributed by atoms with Crippen LogP contribution in [0.25, 0.3) is 0 Å². The van der Waals surface area contributed by atoms with Crippen LogP contribution in [0, 0.1) is 0 Å². The molecule has 3 rings (SSSR count). The molecule has 0 saturated carbocycles. The van der Waals surface area contributed by atoms with Crippen molar-refractivity contribution < 1.29 is 9.59 Å². The number of para-hydroxylation sites is 1. The van der Waals surface area contributed by atoms with E-state index in [-0.39, 0.29) is 11.8 Å². The van der Waals surface area contributed by atoms with Crippen LogP contribution >= 0.6 is 0 Å². The van der Waals surface area contributed by atoms with Crippen LogP contribution in [-0.4, -0.2) is 16.8 Å². The maximum Gasteiger partial charge on any atom is 0.255 e. The Bertz CT molecular complexity index is 961. The summed E-state index contributed by atoms with van der Waals surface area (Å²) in [7, 11) is 0. The quantitative estimate of drug-likeness (QED) is 0.632. The average molecular weight is 387 g/mol. The molecule has 1 heterocycles. The van der Waals surface area contributed by atoms with Crippen LogP contribution in [0.4, 0.5) is 5.69 Å². The van der Waals surface area contributed by atoms with Gasteiger partial charge in [0, 0.05) is 23.0 Å². The van der Waals surface area contributed by atoms with Crippen molar-refractivity contribution in [2.75, 3.05) is 5.32 Å². The van der Waals surface area contributed by atoms with E-state index in [4.69, 9.17) is 0 Å². The highest BCUT2D eigenvalue weighted by molar-refractivity contribution is 6.05. The predicted molar refractivity (Wildman–Crippen MR) is 115 cm³/mol. The van der Waals surface area contributed by atoms with Gasteiger partial charge in [0.05, 0.1) is 12.2 Å². The lowest BCUT2D eigenvalue weighted by Gasteiger charge is -2.14. The second-order valence-electron chi connectivity index (χ2n) is 6.69. The SMILES string of the molecule is CCc1cccc(CC)c1NC(=O)c1ccc(C(=O)NCc2ccccn2)cc1. The standard InChI is InChI=1S/C24H25N3O2/c1-3-17-8-7-9-18(4-2)22(17)27-24(29)20-13-11-19(12-14-20)23(28)26-16-21-10-5-6-15-25-21/h5-15H,3-4,16H2,1-2H3,(H,26,28)(H,27,29). The van der Waals surface area contributed by atoms with Crippen molar-refractivity contribution in [2.45, 2.75) is 33.2 Å². The van der Waals surface area contributed by atoms with E-state index in [0.29, 0.717) is 17.7 Å². The second-order valence-corrected chi connectivity index (χ2v) is 6.69. The van der Waals surface area contributed by atoms with Gasteiger partial charge in [-0.25, -0.2) is 0 Å². The van der Waals surface area contributed by atoms with E-state index >= 15 is 0 Å². The number of anilines is 1. The van der Waals surface area contributed by atoms with E-state index in [2.05, 4.69) is 29.5 Å². The number of hydrogen-bond acceptors (Lipinski definition) is 3. The Labute approximate surface area is 171 Å². The van der Waals surface area contributed by atoms with Crippen molar-refractivity contribution in [3.63, 3.8) is 0 Å². The molecule has 2 N–H and O–H groups in total. The Morgan fingerprint density at radius 3 is 1.97 bits per heavy atom. The van der Waals surface area contributed by atoms with Crippen LogP contribution in [0.2, 0.25) is 0 Å². The fourth-order valence-electron chi connectivity index (χ4n) is 3.14. The first-order chi connectivity index (χ1) is 14.1. The molecular weight excluding hydrogens is 362 g/mol. The Balaban J connectivity index is 1.67. The average Bonchev–Trinajstić information content (AvgIpc) is 2.78. The number of rotatable bonds is 7. The van der Waals surface area contributed by atoms with Gasteiger partial charge in [-0.2, -0.15) is 0 Å². The van der Waals surface area contributed by atoms with Crippen LogP contribution < -0.4 is 10.6 Å². The molecule has 2 aromatic carbocycles. The number of nitrogens with one attached hydrogen (secondary N) is 2. The third kappa shape index (κ3) is 5.08. The summed E-state index contributed by atoms with van der Waals surface area (Å²) in [5.74, 6) is -0.381. The van der Waals surface area contributed by atoms with E-state index in [9.17, 15) is 9.59 Å². The van der Waals surface area contributed by atoms with Crippen molar-refractivity contribution in [1.29, 1.82) is 0 Å². The fourth-order valence-corrected chi connectivity index (χ4v) is 3.14. The molecule has 0 atom stereocenters. The number of pyridine rings is 1. The van der Waals surface area contributed by atoms with Gasteiger partial charge >= 0.3 is 0 Å². The highest BCUT2D eigenvalue weighted by Gasteiger charge is 2.13. The van der Waals surface area contributed by atoms with Gasteiger partial charge in [0.15, 0.2) is 0 Å². The Hall–Kier alpha value is -3.47. The largest absolute Gasteiger partial charge is 0.346 e. The van der Waals surface area contributed by atoms with Gasteiger partial charge in [-0.3, -0.25) is 14.6 Å². The molecule has 0 aliphatic rings. The van der Waals surface area contributed by atoms with Crippen molar-refractivity contribution in [1.82, 2.24) is 10.3 Å². The highest BCUT2D eigenvalue weighted by atomic mass is 16.2. The monoisotopic (exact) mass is 387 g/mol. The number of nitrogens with zero attached hydrogens (tertiary/aromatic N) is 1. The molecule has 2 amide bonds. The lowest BCUT2D eigenvalue weighted by molar-refractivity contribution is 0.0948. The Kier molecular flexibility index (Phi) is 6.74. The number of amides is 2. The minimum atomic E-state index is -0.202. The van der Waals surface area contributed by atoms with Crippen molar-refractivity contribution in [2.24, 2.45) is 0 Å². The minimum Gasteiger partial charge on any atom is -0.346 e. The Morgan fingerprint density at radius 1 is 0.793 bits per heavy atom. The smallest absolute Gasteiger partial charge is 0.255 e. The maximum absolute atomic E-state index is 12.7. The number of carbonyl (C=O) groups excluding carboxylic acids is 2. The number of benzene rings is 2. The van der Waals surface area contributed by atoms with Crippen LogP contribution in [0.5, 0.6) is 0 Å². The molecule has 5 nitrogen and oxygen atoms in total. The lowest BCUT2D eigenvalue weighted by Crippen LogP contribution is -2.23. The molecule has 5 heteroatoms. The first-order valence-electron chi connectivity index (χ1n) is 9.82. The molecule has 0 aliphatic carbocycles. The predicted octanol–water partition coefficient (Wildman–Crippen LogP) is 4.39. The molecule has 0 bridgehead atoms. The number of carbonyl (C=O) groups is 2. The van der Waals surface area contributed by atoms with E-state index in [1.165, 1.54) is 0 Å². The molecule has 0 spiro atoms. The summed E-state index contributed by atoms with van der Waals surface area (Å²) in [5.41, 5.74) is 4.92. The number of hydrogen-bond donors (Lipinski definition) is 2. The molecule has 29 heavy (non-hydrogen) atoms. The van der Waals surface area contributed by atoms with Crippen LogP contribution in [0.15, 0.2) is 66.9 Å². The summed E-state index contributed by atoms with van der Waals surface area (Å²) >= 11 is 0. The van der Waals surface area contributed by atoms with Gasteiger partial charge in [-0.05, 0) is 60.4 Å². The van der Waals surface area contributed by atoms with Crippen molar-refractivity contribution >= 4 is 17.5 Å². The molecule has 3 aromatic rings. The summed E-state index contributed by atoms with van der Waals surface area (Å²) in [6.07, 6.45) is 3.38. The van der Waals surface area contributed by atoms with Crippen LogP contribution in [0.1, 0.15) is 51.4 Å². The van der Waals surface area contributed by atoms with Gasteiger partial charge in [0.25, 0.3) is 11.8 Å². The van der Waals surface area contributed by atoms with Gasteiger partial charge < -0.3 is 10.6 Å². The summed E-state index contributed by atoms with van der Waals surface area (Å²) in [5, 5.41) is 5.88. The van der Waals surface area contributed by atoms with Crippen LogP contribution in [0.3, 0.4) is 0 Å². The summed E-state index contributed by atoms with van der Waals surface area (Å²) < 4.78 is 0. The second kappa shape index (κ2) is 9.64. The number of aryl methyl sites for hydroxylation is 2. The van der Waals surface area contributed by atoms with Gasteiger partial charge in [-0.15, -0.1) is 0 Å². The van der Waals surface area contributed by atoms with Gasteiger partial charge in [0.1, 0.15) is 0 Å². The van der Waals surface area contributed by atoms with Crippen LogP contribution in [-0.2, 0) is 19.4 Å². The molecule has 0 aliphatic heterocycles. The van der Waals surface area contributed by atoms with E-state index < -0.39 is 0 Å². The molecule has 0 radical (unpaired) electrons. The molecule has 0 saturated heterocycles. The van der Waals surface area contributed by atoms with E-state index in [1.54, 1.807) is 30.5 Å². The van der Waals surface area contributed by atoms with Crippen molar-refractivity contribution in [3.8, 4) is 0 Å². The highest BCUT2D eigenvalue weighted by Crippen LogP contribution is 2.23. The zero-order valence-corrected chi connectivity index (χ0v) is 16.7. The summed E-state index contributed by atoms with van der Waals surface area (Å²) in [4.78, 5) is 29.2. The zero-order chi connectivity index (χ0) is 20.6. The van der Waals surface area contributed by atoms with E-state index in [1.807, 2.05) is 36.4 Å². The summed E-state index contributed by atoms with van der Waals surface area (Å²) in [6.45, 7) is 4.50. The molecule has 0 fully saturated rings. The molecular formula is C24H25N3O2. The maximum atomic E-state index is 12.7. The third-order valence-electron chi connectivity index (χ3n) is 4.80. The normalized spacial score (nSPS) is 10.4. The first-order valence-corrected chi connectivity index (χ1v) is 9.82.